The lowest BCUT2D eigenvalue weighted by molar-refractivity contribution is 0.102. The average molecular weight is 511 g/mol. The van der Waals surface area contributed by atoms with Crippen LogP contribution in [0.25, 0.3) is 22.2 Å². The number of halogens is 3. The number of nitrogens with one attached hydrogen (secondary N) is 1. The number of piperidine rings is 1. The quantitative estimate of drug-likeness (QED) is 0.282. The van der Waals surface area contributed by atoms with Crippen molar-refractivity contribution in [3.05, 3.63) is 87.4 Å². The summed E-state index contributed by atoms with van der Waals surface area (Å²) in [6.07, 6.45) is 3.56. The molecular formula is C27H22Cl3N3O. The second kappa shape index (κ2) is 9.83. The summed E-state index contributed by atoms with van der Waals surface area (Å²) in [6, 6.07) is 20.7. The average Bonchev–Trinajstić information content (AvgIpc) is 2.87. The molecule has 0 atom stereocenters. The van der Waals surface area contributed by atoms with E-state index in [2.05, 4.69) is 16.3 Å². The minimum absolute atomic E-state index is 0.208. The number of benzene rings is 3. The van der Waals surface area contributed by atoms with Crippen molar-refractivity contribution in [2.24, 2.45) is 0 Å². The number of carbonyl (C=O) groups excluding carboxylic acids is 1. The Morgan fingerprint density at radius 1 is 0.853 bits per heavy atom. The molecule has 0 bridgehead atoms. The molecule has 5 rings (SSSR count). The van der Waals surface area contributed by atoms with Crippen LogP contribution in [0.3, 0.4) is 0 Å². The molecule has 172 valence electrons. The van der Waals surface area contributed by atoms with Crippen LogP contribution < -0.4 is 10.2 Å². The minimum Gasteiger partial charge on any atom is -0.370 e. The van der Waals surface area contributed by atoms with Gasteiger partial charge in [-0.1, -0.05) is 65.1 Å². The largest absolute Gasteiger partial charge is 0.370 e. The SMILES string of the molecule is O=C(Nc1ccccc1N1CCCCC1)c1cc(-c2ccc(Cl)c(Cl)c2Cl)nc2ccccc12. The predicted molar refractivity (Wildman–Crippen MR) is 143 cm³/mol. The van der Waals surface area contributed by atoms with Crippen molar-refractivity contribution in [2.75, 3.05) is 23.3 Å². The third-order valence-electron chi connectivity index (χ3n) is 6.12. The molecular weight excluding hydrogens is 489 g/mol. The van der Waals surface area contributed by atoms with Crippen LogP contribution in [0.1, 0.15) is 29.6 Å². The molecule has 34 heavy (non-hydrogen) atoms. The van der Waals surface area contributed by atoms with Gasteiger partial charge in [-0.3, -0.25) is 4.79 Å². The normalized spacial score (nSPS) is 13.8. The molecule has 1 N–H and O–H groups in total. The van der Waals surface area contributed by atoms with Crippen LogP contribution in [0.2, 0.25) is 15.1 Å². The number of para-hydroxylation sites is 3. The first-order valence-corrected chi connectivity index (χ1v) is 12.4. The zero-order chi connectivity index (χ0) is 23.7. The van der Waals surface area contributed by atoms with E-state index in [9.17, 15) is 4.79 Å². The van der Waals surface area contributed by atoms with Gasteiger partial charge in [0.2, 0.25) is 0 Å². The van der Waals surface area contributed by atoms with E-state index in [0.717, 1.165) is 42.7 Å². The first-order chi connectivity index (χ1) is 16.5. The van der Waals surface area contributed by atoms with Gasteiger partial charge in [-0.25, -0.2) is 4.98 Å². The maximum absolute atomic E-state index is 13.6. The van der Waals surface area contributed by atoms with Gasteiger partial charge in [0, 0.05) is 24.0 Å². The summed E-state index contributed by atoms with van der Waals surface area (Å²) in [5, 5.41) is 4.83. The molecule has 0 radical (unpaired) electrons. The van der Waals surface area contributed by atoms with Crippen molar-refractivity contribution in [1.29, 1.82) is 0 Å². The lowest BCUT2D eigenvalue weighted by Crippen LogP contribution is -2.30. The maximum Gasteiger partial charge on any atom is 0.256 e. The summed E-state index contributed by atoms with van der Waals surface area (Å²) in [6.45, 7) is 1.98. The van der Waals surface area contributed by atoms with Gasteiger partial charge >= 0.3 is 0 Å². The number of fused-ring (bicyclic) bond motifs is 1. The van der Waals surface area contributed by atoms with Crippen LogP contribution in [0.5, 0.6) is 0 Å². The Bertz CT molecular complexity index is 1380. The number of hydrogen-bond donors (Lipinski definition) is 1. The Labute approximate surface area is 213 Å². The van der Waals surface area contributed by atoms with E-state index in [0.29, 0.717) is 32.4 Å². The summed E-state index contributed by atoms with van der Waals surface area (Å²) in [4.78, 5) is 20.7. The van der Waals surface area contributed by atoms with Gasteiger partial charge in [-0.2, -0.15) is 0 Å². The van der Waals surface area contributed by atoms with Gasteiger partial charge in [0.25, 0.3) is 5.91 Å². The zero-order valence-electron chi connectivity index (χ0n) is 18.3. The molecule has 1 aromatic heterocycles. The molecule has 7 heteroatoms. The van der Waals surface area contributed by atoms with Crippen LogP contribution in [-0.4, -0.2) is 24.0 Å². The van der Waals surface area contributed by atoms with Crippen molar-refractivity contribution in [3.63, 3.8) is 0 Å². The standard InChI is InChI=1S/C27H22Cl3N3O/c28-20-13-12-18(25(29)26(20)30)23-16-19(17-8-2-3-9-21(17)31-23)27(34)32-22-10-4-5-11-24(22)33-14-6-1-7-15-33/h2-5,8-13,16H,1,6-7,14-15H2,(H,32,34). The molecule has 0 aliphatic carbocycles. The predicted octanol–water partition coefficient (Wildman–Crippen LogP) is 8.10. The van der Waals surface area contributed by atoms with Crippen LogP contribution in [0, 0.1) is 0 Å². The number of pyridine rings is 1. The van der Waals surface area contributed by atoms with Gasteiger partial charge in [0.15, 0.2) is 0 Å². The molecule has 1 aliphatic rings. The highest BCUT2D eigenvalue weighted by Crippen LogP contribution is 2.38. The lowest BCUT2D eigenvalue weighted by Gasteiger charge is -2.30. The molecule has 2 heterocycles. The van der Waals surface area contributed by atoms with Crippen molar-refractivity contribution >= 4 is 63.0 Å². The monoisotopic (exact) mass is 509 g/mol. The van der Waals surface area contributed by atoms with Crippen molar-refractivity contribution in [1.82, 2.24) is 4.98 Å². The molecule has 0 spiro atoms. The van der Waals surface area contributed by atoms with E-state index < -0.39 is 0 Å². The van der Waals surface area contributed by atoms with E-state index in [4.69, 9.17) is 39.8 Å². The summed E-state index contributed by atoms with van der Waals surface area (Å²) in [7, 11) is 0. The summed E-state index contributed by atoms with van der Waals surface area (Å²) < 4.78 is 0. The van der Waals surface area contributed by atoms with E-state index in [-0.39, 0.29) is 10.9 Å². The Hall–Kier alpha value is -2.79. The lowest BCUT2D eigenvalue weighted by atomic mass is 10.0. The highest BCUT2D eigenvalue weighted by molar-refractivity contribution is 6.49. The summed E-state index contributed by atoms with van der Waals surface area (Å²) >= 11 is 18.9. The molecule has 0 unspecified atom stereocenters. The van der Waals surface area contributed by atoms with Crippen LogP contribution >= 0.6 is 34.8 Å². The van der Waals surface area contributed by atoms with E-state index in [1.807, 2.05) is 42.5 Å². The number of aromatic nitrogens is 1. The number of hydrogen-bond acceptors (Lipinski definition) is 3. The molecule has 1 fully saturated rings. The highest BCUT2D eigenvalue weighted by Gasteiger charge is 2.20. The summed E-state index contributed by atoms with van der Waals surface area (Å²) in [5.74, 6) is -0.208. The number of rotatable bonds is 4. The number of amides is 1. The smallest absolute Gasteiger partial charge is 0.256 e. The van der Waals surface area contributed by atoms with Gasteiger partial charge < -0.3 is 10.2 Å². The molecule has 0 saturated carbocycles. The van der Waals surface area contributed by atoms with Crippen molar-refractivity contribution < 1.29 is 4.79 Å². The van der Waals surface area contributed by atoms with Crippen molar-refractivity contribution in [2.45, 2.75) is 19.3 Å². The van der Waals surface area contributed by atoms with Crippen LogP contribution in [0.15, 0.2) is 66.7 Å². The molecule has 1 aliphatic heterocycles. The van der Waals surface area contributed by atoms with Crippen LogP contribution in [0.4, 0.5) is 11.4 Å². The fourth-order valence-electron chi connectivity index (χ4n) is 4.40. The number of carbonyl (C=O) groups is 1. The Balaban J connectivity index is 1.57. The van der Waals surface area contributed by atoms with E-state index >= 15 is 0 Å². The minimum atomic E-state index is -0.208. The van der Waals surface area contributed by atoms with Gasteiger partial charge in [-0.05, 0) is 55.7 Å². The number of anilines is 2. The van der Waals surface area contributed by atoms with E-state index in [1.165, 1.54) is 6.42 Å². The molecule has 1 saturated heterocycles. The zero-order valence-corrected chi connectivity index (χ0v) is 20.6. The topological polar surface area (TPSA) is 45.2 Å². The fraction of sp³-hybridized carbons (Fsp3) is 0.185. The second-order valence-corrected chi connectivity index (χ2v) is 9.48. The maximum atomic E-state index is 13.6. The van der Waals surface area contributed by atoms with E-state index in [1.54, 1.807) is 18.2 Å². The molecule has 3 aromatic carbocycles. The molecule has 4 nitrogen and oxygen atoms in total. The first kappa shape index (κ1) is 23.0. The fourth-order valence-corrected chi connectivity index (χ4v) is 5.04. The Kier molecular flexibility index (Phi) is 6.64. The molecule has 4 aromatic rings. The van der Waals surface area contributed by atoms with Crippen LogP contribution in [-0.2, 0) is 0 Å². The number of nitrogens with zero attached hydrogens (tertiary/aromatic N) is 2. The van der Waals surface area contributed by atoms with Gasteiger partial charge in [0.05, 0.1) is 43.2 Å². The van der Waals surface area contributed by atoms with Crippen molar-refractivity contribution in [3.8, 4) is 11.3 Å². The summed E-state index contributed by atoms with van der Waals surface area (Å²) in [5.41, 5.74) is 4.21. The molecule has 1 amide bonds. The Morgan fingerprint density at radius 3 is 2.41 bits per heavy atom. The second-order valence-electron chi connectivity index (χ2n) is 8.31. The highest BCUT2D eigenvalue weighted by atomic mass is 35.5. The van der Waals surface area contributed by atoms with Gasteiger partial charge in [-0.15, -0.1) is 0 Å². The first-order valence-electron chi connectivity index (χ1n) is 11.2. The third kappa shape index (κ3) is 4.46. The Morgan fingerprint density at radius 2 is 1.59 bits per heavy atom. The van der Waals surface area contributed by atoms with Gasteiger partial charge in [0.1, 0.15) is 0 Å². The third-order valence-corrected chi connectivity index (χ3v) is 7.41.